The molecule has 0 radical (unpaired) electrons. The Morgan fingerprint density at radius 1 is 1.47 bits per heavy atom. The minimum atomic E-state index is -0.739. The summed E-state index contributed by atoms with van der Waals surface area (Å²) in [6, 6.07) is 5.69. The maximum atomic E-state index is 13.7. The first-order valence-corrected chi connectivity index (χ1v) is 5.70. The molecule has 1 aromatic rings. The maximum Gasteiger partial charge on any atom is 0.313 e. The van der Waals surface area contributed by atoms with Gasteiger partial charge in [-0.2, -0.15) is 0 Å². The second kappa shape index (κ2) is 4.45. The quantitative estimate of drug-likeness (QED) is 0.820. The lowest BCUT2D eigenvalue weighted by Gasteiger charge is -2.43. The second-order valence-electron chi connectivity index (χ2n) is 4.50. The molecule has 1 atom stereocenters. The molecule has 1 aromatic carbocycles. The van der Waals surface area contributed by atoms with Gasteiger partial charge < -0.3 is 10.5 Å². The molecule has 2 N–H and O–H groups in total. The van der Waals surface area contributed by atoms with Crippen LogP contribution >= 0.6 is 0 Å². The fourth-order valence-electron chi connectivity index (χ4n) is 2.43. The number of benzene rings is 1. The van der Waals surface area contributed by atoms with Crippen molar-refractivity contribution in [1.82, 2.24) is 0 Å². The number of esters is 1. The van der Waals surface area contributed by atoms with Crippen LogP contribution in [0.3, 0.4) is 0 Å². The Labute approximate surface area is 99.8 Å². The van der Waals surface area contributed by atoms with Gasteiger partial charge in [-0.25, -0.2) is 4.39 Å². The summed E-state index contributed by atoms with van der Waals surface area (Å²) in [5, 5.41) is 0. The number of carbonyl (C=O) groups is 1. The number of ether oxygens (including phenoxy) is 1. The molecule has 92 valence electrons. The Bertz CT molecular complexity index is 429. The predicted molar refractivity (Wildman–Crippen MR) is 61.6 cm³/mol. The van der Waals surface area contributed by atoms with Crippen LogP contribution in [0.1, 0.15) is 30.9 Å². The summed E-state index contributed by atoms with van der Waals surface area (Å²) in [4.78, 5) is 11.8. The number of nitrogens with two attached hydrogens (primary N) is 1. The zero-order chi connectivity index (χ0) is 12.5. The van der Waals surface area contributed by atoms with Crippen LogP contribution in [0, 0.1) is 11.2 Å². The normalized spacial score (nSPS) is 19.2. The van der Waals surface area contributed by atoms with Gasteiger partial charge in [0.1, 0.15) is 5.82 Å². The number of carbonyl (C=O) groups excluding carboxylic acids is 1. The number of halogens is 1. The Hall–Kier alpha value is -1.42. The van der Waals surface area contributed by atoms with Gasteiger partial charge in [0.15, 0.2) is 0 Å². The van der Waals surface area contributed by atoms with E-state index in [2.05, 4.69) is 0 Å². The van der Waals surface area contributed by atoms with Gasteiger partial charge in [0.25, 0.3) is 0 Å². The fourth-order valence-corrected chi connectivity index (χ4v) is 2.43. The third kappa shape index (κ3) is 1.82. The van der Waals surface area contributed by atoms with Crippen LogP contribution in [0.4, 0.5) is 4.39 Å². The summed E-state index contributed by atoms with van der Waals surface area (Å²) in [7, 11) is 1.34. The van der Waals surface area contributed by atoms with E-state index in [1.807, 2.05) is 0 Å². The minimum Gasteiger partial charge on any atom is -0.469 e. The van der Waals surface area contributed by atoms with Gasteiger partial charge in [0, 0.05) is 11.6 Å². The van der Waals surface area contributed by atoms with Crippen molar-refractivity contribution in [2.75, 3.05) is 7.11 Å². The van der Waals surface area contributed by atoms with Crippen LogP contribution in [0.5, 0.6) is 0 Å². The van der Waals surface area contributed by atoms with Crippen molar-refractivity contribution in [3.8, 4) is 0 Å². The second-order valence-corrected chi connectivity index (χ2v) is 4.50. The number of rotatable bonds is 3. The van der Waals surface area contributed by atoms with Crippen LogP contribution in [0.15, 0.2) is 24.3 Å². The van der Waals surface area contributed by atoms with E-state index >= 15 is 0 Å². The first-order chi connectivity index (χ1) is 8.12. The average molecular weight is 237 g/mol. The summed E-state index contributed by atoms with van der Waals surface area (Å²) < 4.78 is 18.5. The average Bonchev–Trinajstić information content (AvgIpc) is 2.27. The molecule has 1 fully saturated rings. The van der Waals surface area contributed by atoms with Gasteiger partial charge in [-0.15, -0.1) is 0 Å². The van der Waals surface area contributed by atoms with Crippen molar-refractivity contribution in [2.45, 2.75) is 25.3 Å². The highest BCUT2D eigenvalue weighted by Gasteiger charge is 2.51. The largest absolute Gasteiger partial charge is 0.469 e. The van der Waals surface area contributed by atoms with Crippen LogP contribution in [0.25, 0.3) is 0 Å². The topological polar surface area (TPSA) is 52.3 Å². The van der Waals surface area contributed by atoms with Gasteiger partial charge >= 0.3 is 5.97 Å². The van der Waals surface area contributed by atoms with Crippen molar-refractivity contribution >= 4 is 5.97 Å². The number of hydrogen-bond acceptors (Lipinski definition) is 3. The molecule has 17 heavy (non-hydrogen) atoms. The Morgan fingerprint density at radius 3 is 2.59 bits per heavy atom. The monoisotopic (exact) mass is 237 g/mol. The molecule has 1 aliphatic rings. The lowest BCUT2D eigenvalue weighted by atomic mass is 9.62. The van der Waals surface area contributed by atoms with Crippen LogP contribution in [-0.2, 0) is 9.53 Å². The van der Waals surface area contributed by atoms with Gasteiger partial charge in [0.2, 0.25) is 0 Å². The lowest BCUT2D eigenvalue weighted by Crippen LogP contribution is -2.47. The van der Waals surface area contributed by atoms with E-state index in [0.29, 0.717) is 18.4 Å². The van der Waals surface area contributed by atoms with Gasteiger partial charge in [-0.3, -0.25) is 4.79 Å². The van der Waals surface area contributed by atoms with Crippen molar-refractivity contribution < 1.29 is 13.9 Å². The third-order valence-corrected chi connectivity index (χ3v) is 3.67. The Morgan fingerprint density at radius 2 is 2.12 bits per heavy atom. The van der Waals surface area contributed by atoms with E-state index in [9.17, 15) is 9.18 Å². The first-order valence-electron chi connectivity index (χ1n) is 5.70. The summed E-state index contributed by atoms with van der Waals surface area (Å²) in [6.07, 6.45) is 2.25. The summed E-state index contributed by atoms with van der Waals surface area (Å²) in [5.41, 5.74) is 5.72. The van der Waals surface area contributed by atoms with Crippen LogP contribution in [0.2, 0.25) is 0 Å². The molecule has 0 aliphatic heterocycles. The van der Waals surface area contributed by atoms with Gasteiger partial charge in [0.05, 0.1) is 12.5 Å². The van der Waals surface area contributed by atoms with E-state index in [1.165, 1.54) is 13.2 Å². The first kappa shape index (κ1) is 12.0. The Kier molecular flexibility index (Phi) is 3.15. The molecule has 0 spiro atoms. The fraction of sp³-hybridized carbons (Fsp3) is 0.462. The summed E-state index contributed by atoms with van der Waals surface area (Å²) in [6.45, 7) is 0. The molecule has 1 unspecified atom stereocenters. The van der Waals surface area contributed by atoms with E-state index in [-0.39, 0.29) is 11.8 Å². The highest BCUT2D eigenvalue weighted by molar-refractivity contribution is 5.79. The van der Waals surface area contributed by atoms with Crippen molar-refractivity contribution in [3.63, 3.8) is 0 Å². The molecule has 4 heteroatoms. The zero-order valence-corrected chi connectivity index (χ0v) is 9.78. The SMILES string of the molecule is COC(=O)C1(C(N)c2ccccc2F)CCC1. The highest BCUT2D eigenvalue weighted by atomic mass is 19.1. The highest BCUT2D eigenvalue weighted by Crippen LogP contribution is 2.50. The van der Waals surface area contributed by atoms with E-state index in [4.69, 9.17) is 10.5 Å². The van der Waals surface area contributed by atoms with E-state index in [0.717, 1.165) is 6.42 Å². The van der Waals surface area contributed by atoms with Crippen molar-refractivity contribution in [2.24, 2.45) is 11.1 Å². The third-order valence-electron chi connectivity index (χ3n) is 3.67. The number of hydrogen-bond donors (Lipinski definition) is 1. The van der Waals surface area contributed by atoms with Crippen LogP contribution in [-0.4, -0.2) is 13.1 Å². The molecular weight excluding hydrogens is 221 g/mol. The lowest BCUT2D eigenvalue weighted by molar-refractivity contribution is -0.160. The summed E-state index contributed by atoms with van der Waals surface area (Å²) >= 11 is 0. The smallest absolute Gasteiger partial charge is 0.313 e. The molecule has 1 saturated carbocycles. The molecule has 0 saturated heterocycles. The molecule has 2 rings (SSSR count). The molecular formula is C13H16FNO2. The Balaban J connectivity index is 2.33. The molecule has 0 heterocycles. The van der Waals surface area contributed by atoms with Crippen LogP contribution < -0.4 is 5.73 Å². The maximum absolute atomic E-state index is 13.7. The molecule has 1 aliphatic carbocycles. The van der Waals surface area contributed by atoms with Crippen molar-refractivity contribution in [3.05, 3.63) is 35.6 Å². The molecule has 0 amide bonds. The van der Waals surface area contributed by atoms with E-state index in [1.54, 1.807) is 18.2 Å². The minimum absolute atomic E-state index is 0.334. The van der Waals surface area contributed by atoms with Gasteiger partial charge in [-0.05, 0) is 18.9 Å². The standard InChI is InChI=1S/C13H16FNO2/c1-17-12(16)13(7-4-8-13)11(15)9-5-2-3-6-10(9)14/h2-3,5-6,11H,4,7-8,15H2,1H3. The summed E-state index contributed by atoms with van der Waals surface area (Å²) in [5.74, 6) is -0.699. The molecule has 3 nitrogen and oxygen atoms in total. The number of methoxy groups -OCH3 is 1. The predicted octanol–water partition coefficient (Wildman–Crippen LogP) is 2.17. The van der Waals surface area contributed by atoms with Crippen molar-refractivity contribution in [1.29, 1.82) is 0 Å². The van der Waals surface area contributed by atoms with E-state index < -0.39 is 11.5 Å². The molecule has 0 bridgehead atoms. The zero-order valence-electron chi connectivity index (χ0n) is 9.78. The van der Waals surface area contributed by atoms with Gasteiger partial charge in [-0.1, -0.05) is 24.6 Å². The molecule has 0 aromatic heterocycles.